The number of nitrogens with zero attached hydrogens (tertiary/aromatic N) is 4. The molecule has 0 spiro atoms. The maximum absolute atomic E-state index is 11.3. The van der Waals surface area contributed by atoms with Gasteiger partial charge in [-0.1, -0.05) is 0 Å². The highest BCUT2D eigenvalue weighted by molar-refractivity contribution is 7.99. The van der Waals surface area contributed by atoms with E-state index in [1.54, 1.807) is 0 Å². The molecule has 0 amide bonds. The number of aromatic nitrogens is 3. The van der Waals surface area contributed by atoms with Crippen molar-refractivity contribution >= 4 is 23.3 Å². The fourth-order valence-electron chi connectivity index (χ4n) is 1.85. The van der Waals surface area contributed by atoms with Gasteiger partial charge in [-0.05, 0) is 50.2 Å². The third-order valence-corrected chi connectivity index (χ3v) is 3.50. The molecule has 0 saturated carbocycles. The van der Waals surface area contributed by atoms with Gasteiger partial charge >= 0.3 is 5.69 Å². The Morgan fingerprint density at radius 1 is 1.33 bits per heavy atom. The Labute approximate surface area is 126 Å². The third kappa shape index (κ3) is 3.66. The van der Waals surface area contributed by atoms with Crippen molar-refractivity contribution in [3.05, 3.63) is 39.8 Å². The molecule has 2 rings (SSSR count). The van der Waals surface area contributed by atoms with E-state index in [1.165, 1.54) is 18.1 Å². The molecule has 7 nitrogen and oxygen atoms in total. The van der Waals surface area contributed by atoms with Crippen molar-refractivity contribution in [2.45, 2.75) is 30.8 Å². The largest absolute Gasteiger partial charge is 0.364 e. The number of nitrogens with one attached hydrogen (secondary N) is 1. The Morgan fingerprint density at radius 2 is 2.10 bits per heavy atom. The lowest BCUT2D eigenvalue weighted by atomic mass is 10.3. The number of rotatable bonds is 5. The van der Waals surface area contributed by atoms with E-state index in [-0.39, 0.29) is 16.5 Å². The molecule has 0 aliphatic heterocycles. The van der Waals surface area contributed by atoms with Crippen LogP contribution >= 0.6 is 11.8 Å². The minimum absolute atomic E-state index is 0.120. The zero-order valence-electron chi connectivity index (χ0n) is 12.0. The second-order valence-corrected chi connectivity index (χ2v) is 5.40. The van der Waals surface area contributed by atoms with Gasteiger partial charge in [0.15, 0.2) is 5.03 Å². The number of nitro groups is 1. The van der Waals surface area contributed by atoms with E-state index in [2.05, 4.69) is 20.3 Å². The van der Waals surface area contributed by atoms with Gasteiger partial charge in [0.1, 0.15) is 11.4 Å². The highest BCUT2D eigenvalue weighted by Crippen LogP contribution is 2.35. The van der Waals surface area contributed by atoms with E-state index in [0.717, 1.165) is 11.3 Å². The lowest BCUT2D eigenvalue weighted by Crippen LogP contribution is -2.05. The van der Waals surface area contributed by atoms with E-state index in [1.807, 2.05) is 32.9 Å². The molecule has 2 aromatic heterocycles. The Bertz CT molecular complexity index is 657. The summed E-state index contributed by atoms with van der Waals surface area (Å²) in [5.74, 6) is 0.226. The molecule has 0 aliphatic rings. The van der Waals surface area contributed by atoms with Gasteiger partial charge in [0.25, 0.3) is 0 Å². The highest BCUT2D eigenvalue weighted by atomic mass is 32.2. The van der Waals surface area contributed by atoms with Gasteiger partial charge < -0.3 is 5.32 Å². The normalized spacial score (nSPS) is 10.4. The van der Waals surface area contributed by atoms with Crippen molar-refractivity contribution in [3.63, 3.8) is 0 Å². The summed E-state index contributed by atoms with van der Waals surface area (Å²) in [5.41, 5.74) is 1.79. The highest BCUT2D eigenvalue weighted by Gasteiger charge is 2.23. The van der Waals surface area contributed by atoms with Crippen LogP contribution in [0.5, 0.6) is 0 Å². The van der Waals surface area contributed by atoms with Gasteiger partial charge in [0, 0.05) is 12.2 Å². The van der Waals surface area contributed by atoms with Crippen LogP contribution in [0, 0.1) is 24.0 Å². The predicted octanol–water partition coefficient (Wildman–Crippen LogP) is 2.98. The standard InChI is InChI=1S/C13H15N5O2S/c1-4-14-12-11(18(19)20)13(16-7-15-12)21-10-6-8(2)5-9(3)17-10/h5-7H,4H2,1-3H3,(H,14,15,16). The summed E-state index contributed by atoms with van der Waals surface area (Å²) >= 11 is 1.17. The van der Waals surface area contributed by atoms with Crippen molar-refractivity contribution in [2.24, 2.45) is 0 Å². The van der Waals surface area contributed by atoms with Crippen LogP contribution in [0.3, 0.4) is 0 Å². The molecule has 0 bridgehead atoms. The van der Waals surface area contributed by atoms with Crippen molar-refractivity contribution in [1.29, 1.82) is 0 Å². The van der Waals surface area contributed by atoms with Crippen LogP contribution < -0.4 is 5.32 Å². The zero-order valence-corrected chi connectivity index (χ0v) is 12.8. The average Bonchev–Trinajstić information content (AvgIpc) is 2.37. The molecule has 2 aromatic rings. The van der Waals surface area contributed by atoms with Crippen LogP contribution in [-0.2, 0) is 0 Å². The lowest BCUT2D eigenvalue weighted by Gasteiger charge is -2.07. The fraction of sp³-hybridized carbons (Fsp3) is 0.308. The summed E-state index contributed by atoms with van der Waals surface area (Å²) in [4.78, 5) is 23.1. The molecular weight excluding hydrogens is 290 g/mol. The Kier molecular flexibility index (Phi) is 4.69. The van der Waals surface area contributed by atoms with Gasteiger partial charge in [-0.25, -0.2) is 15.0 Å². The molecule has 110 valence electrons. The number of anilines is 1. The molecule has 0 aliphatic carbocycles. The van der Waals surface area contributed by atoms with Gasteiger partial charge in [-0.2, -0.15) is 0 Å². The maximum atomic E-state index is 11.3. The van der Waals surface area contributed by atoms with Crippen LogP contribution in [0.2, 0.25) is 0 Å². The molecule has 0 unspecified atom stereocenters. The minimum Gasteiger partial charge on any atom is -0.364 e. The SMILES string of the molecule is CCNc1ncnc(Sc2cc(C)cc(C)n2)c1[N+](=O)[O-]. The molecule has 8 heteroatoms. The summed E-state index contributed by atoms with van der Waals surface area (Å²) in [5, 5.41) is 15.1. The molecule has 0 atom stereocenters. The van der Waals surface area contributed by atoms with Crippen LogP contribution in [-0.4, -0.2) is 26.4 Å². The van der Waals surface area contributed by atoms with E-state index in [9.17, 15) is 10.1 Å². The van der Waals surface area contributed by atoms with Crippen molar-refractivity contribution in [3.8, 4) is 0 Å². The van der Waals surface area contributed by atoms with E-state index in [4.69, 9.17) is 0 Å². The number of hydrogen-bond donors (Lipinski definition) is 1. The van der Waals surface area contributed by atoms with Crippen LogP contribution in [0.25, 0.3) is 0 Å². The van der Waals surface area contributed by atoms with E-state index >= 15 is 0 Å². The molecule has 1 N–H and O–H groups in total. The Hall–Kier alpha value is -2.22. The van der Waals surface area contributed by atoms with E-state index < -0.39 is 4.92 Å². The zero-order chi connectivity index (χ0) is 15.4. The first kappa shape index (κ1) is 15.2. The second-order valence-electron chi connectivity index (χ2n) is 4.39. The van der Waals surface area contributed by atoms with Gasteiger partial charge in [-0.15, -0.1) is 0 Å². The quantitative estimate of drug-likeness (QED) is 0.515. The van der Waals surface area contributed by atoms with Crippen molar-refractivity contribution in [1.82, 2.24) is 15.0 Å². The van der Waals surface area contributed by atoms with Crippen LogP contribution in [0.1, 0.15) is 18.2 Å². The molecule has 21 heavy (non-hydrogen) atoms. The van der Waals surface area contributed by atoms with Crippen molar-refractivity contribution < 1.29 is 4.92 Å². The van der Waals surface area contributed by atoms with E-state index in [0.29, 0.717) is 11.6 Å². The number of hydrogen-bond acceptors (Lipinski definition) is 7. The first-order chi connectivity index (χ1) is 10.0. The Morgan fingerprint density at radius 3 is 2.71 bits per heavy atom. The summed E-state index contributed by atoms with van der Waals surface area (Å²) in [6.07, 6.45) is 1.32. The average molecular weight is 305 g/mol. The monoisotopic (exact) mass is 305 g/mol. The first-order valence-corrected chi connectivity index (χ1v) is 7.19. The topological polar surface area (TPSA) is 93.8 Å². The number of pyridine rings is 1. The van der Waals surface area contributed by atoms with Gasteiger partial charge in [-0.3, -0.25) is 10.1 Å². The third-order valence-electron chi connectivity index (χ3n) is 2.59. The molecule has 0 aromatic carbocycles. The second kappa shape index (κ2) is 6.49. The molecule has 0 saturated heterocycles. The molecular formula is C13H15N5O2S. The van der Waals surface area contributed by atoms with Crippen LogP contribution in [0.15, 0.2) is 28.5 Å². The van der Waals surface area contributed by atoms with Gasteiger partial charge in [0.2, 0.25) is 5.82 Å². The Balaban J connectivity index is 2.43. The maximum Gasteiger partial charge on any atom is 0.343 e. The van der Waals surface area contributed by atoms with Crippen molar-refractivity contribution in [2.75, 3.05) is 11.9 Å². The smallest absolute Gasteiger partial charge is 0.343 e. The lowest BCUT2D eigenvalue weighted by molar-refractivity contribution is -0.387. The van der Waals surface area contributed by atoms with Gasteiger partial charge in [0.05, 0.1) is 4.92 Å². The van der Waals surface area contributed by atoms with Crippen LogP contribution in [0.4, 0.5) is 11.5 Å². The predicted molar refractivity (Wildman–Crippen MR) is 80.7 cm³/mol. The molecule has 2 heterocycles. The summed E-state index contributed by atoms with van der Waals surface area (Å²) in [6.45, 7) is 6.24. The summed E-state index contributed by atoms with van der Waals surface area (Å²) in [7, 11) is 0. The summed E-state index contributed by atoms with van der Waals surface area (Å²) < 4.78 is 0. The molecule has 0 fully saturated rings. The summed E-state index contributed by atoms with van der Waals surface area (Å²) in [6, 6.07) is 3.82. The molecule has 0 radical (unpaired) electrons. The first-order valence-electron chi connectivity index (χ1n) is 6.37. The minimum atomic E-state index is -0.469. The fourth-order valence-corrected chi connectivity index (χ4v) is 2.85. The number of aryl methyl sites for hydroxylation is 2.